The Kier molecular flexibility index (Phi) is 4.49. The van der Waals surface area contributed by atoms with Crippen LogP contribution in [0.5, 0.6) is 0 Å². The predicted molar refractivity (Wildman–Crippen MR) is 89.5 cm³/mol. The van der Waals surface area contributed by atoms with Crippen LogP contribution in [-0.4, -0.2) is 10.5 Å². The molecule has 1 amide bonds. The number of aromatic nitrogens is 1. The van der Waals surface area contributed by atoms with E-state index in [2.05, 4.69) is 18.3 Å². The van der Waals surface area contributed by atoms with Gasteiger partial charge in [0.2, 0.25) is 5.91 Å². The van der Waals surface area contributed by atoms with Crippen LogP contribution in [-0.2, 0) is 24.2 Å². The molecule has 2 heterocycles. The highest BCUT2D eigenvalue weighted by molar-refractivity contribution is 7.16. The number of hydrogen-bond donors (Lipinski definition) is 1. The van der Waals surface area contributed by atoms with E-state index in [1.54, 1.807) is 0 Å². The van der Waals surface area contributed by atoms with E-state index in [1.807, 2.05) is 0 Å². The van der Waals surface area contributed by atoms with E-state index >= 15 is 0 Å². The van der Waals surface area contributed by atoms with Gasteiger partial charge < -0.3 is 9.88 Å². The average molecular weight is 345 g/mol. The number of nitrogens with zero attached hydrogens (tertiary/aromatic N) is 2. The molecule has 0 aliphatic heterocycles. The lowest BCUT2D eigenvalue weighted by molar-refractivity contribution is -0.116. The molecule has 1 N–H and O–H groups in total. The van der Waals surface area contributed by atoms with Crippen LogP contribution >= 0.6 is 11.3 Å². The third kappa shape index (κ3) is 3.24. The van der Waals surface area contributed by atoms with E-state index in [4.69, 9.17) is 0 Å². The van der Waals surface area contributed by atoms with Gasteiger partial charge in [-0.15, -0.1) is 11.3 Å². The molecule has 2 aromatic heterocycles. The van der Waals surface area contributed by atoms with Crippen LogP contribution in [0.2, 0.25) is 0 Å². The second-order valence-corrected chi connectivity index (χ2v) is 7.13. The van der Waals surface area contributed by atoms with E-state index in [-0.39, 0.29) is 6.54 Å². The van der Waals surface area contributed by atoms with Gasteiger partial charge in [0.25, 0.3) is 5.56 Å². The molecule has 0 fully saturated rings. The average Bonchev–Trinajstić information content (AvgIpc) is 2.86. The number of hydrogen-bond acceptors (Lipinski definition) is 4. The summed E-state index contributed by atoms with van der Waals surface area (Å²) in [5, 5.41) is 12.6. The molecule has 0 aromatic carbocycles. The number of rotatable bonds is 3. The first-order valence-corrected chi connectivity index (χ1v) is 8.50. The zero-order valence-electron chi connectivity index (χ0n) is 13.1. The van der Waals surface area contributed by atoms with E-state index in [1.165, 1.54) is 11.3 Å². The molecule has 24 heavy (non-hydrogen) atoms. The van der Waals surface area contributed by atoms with Gasteiger partial charge in [-0.3, -0.25) is 9.59 Å². The molecule has 2 aromatic rings. The summed E-state index contributed by atoms with van der Waals surface area (Å²) in [6.45, 7) is 1.88. The fourth-order valence-electron chi connectivity index (χ4n) is 2.90. The van der Waals surface area contributed by atoms with E-state index < -0.39 is 17.3 Å². The van der Waals surface area contributed by atoms with Crippen LogP contribution < -0.4 is 10.9 Å². The first kappa shape index (κ1) is 16.4. The van der Waals surface area contributed by atoms with Gasteiger partial charge in [-0.1, -0.05) is 6.92 Å². The Bertz CT molecular complexity index is 894. The van der Waals surface area contributed by atoms with Gasteiger partial charge >= 0.3 is 0 Å². The van der Waals surface area contributed by atoms with Crippen molar-refractivity contribution in [1.82, 2.24) is 4.57 Å². The number of pyridine rings is 1. The van der Waals surface area contributed by atoms with Gasteiger partial charge in [-0.25, -0.2) is 4.39 Å². The van der Waals surface area contributed by atoms with Crippen molar-refractivity contribution >= 4 is 22.2 Å². The number of thiophene rings is 1. The van der Waals surface area contributed by atoms with Crippen LogP contribution in [0.25, 0.3) is 0 Å². The summed E-state index contributed by atoms with van der Waals surface area (Å²) >= 11 is 1.42. The monoisotopic (exact) mass is 345 g/mol. The molecule has 1 atom stereocenters. The summed E-state index contributed by atoms with van der Waals surface area (Å²) in [6, 6.07) is 4.31. The van der Waals surface area contributed by atoms with Crippen molar-refractivity contribution in [3.8, 4) is 6.07 Å². The van der Waals surface area contributed by atoms with Crippen molar-refractivity contribution in [2.45, 2.75) is 32.7 Å². The summed E-state index contributed by atoms with van der Waals surface area (Å²) in [5.41, 5.74) is 1.09. The summed E-state index contributed by atoms with van der Waals surface area (Å²) < 4.78 is 14.2. The molecule has 5 nitrogen and oxygen atoms in total. The van der Waals surface area contributed by atoms with Crippen LogP contribution in [0.1, 0.15) is 29.3 Å². The van der Waals surface area contributed by atoms with Crippen molar-refractivity contribution in [1.29, 1.82) is 5.26 Å². The normalized spacial score (nSPS) is 16.3. The number of anilines is 1. The highest BCUT2D eigenvalue weighted by Crippen LogP contribution is 2.39. The molecular weight excluding hydrogens is 329 g/mol. The van der Waals surface area contributed by atoms with Crippen molar-refractivity contribution in [2.75, 3.05) is 5.32 Å². The predicted octanol–water partition coefficient (Wildman–Crippen LogP) is 2.68. The maximum absolute atomic E-state index is 13.2. The zero-order chi connectivity index (χ0) is 17.3. The summed E-state index contributed by atoms with van der Waals surface area (Å²) in [6.07, 6.45) is 3.78. The minimum absolute atomic E-state index is 0.291. The SMILES string of the molecule is CC1CCc2c(sc(NC(=O)Cn3cc(F)ccc3=O)c2C#N)C1. The molecule has 0 spiro atoms. The number of nitrogens with one attached hydrogen (secondary N) is 1. The fraction of sp³-hybridized carbons (Fsp3) is 0.353. The molecular formula is C17H16FN3O2S. The molecule has 0 bridgehead atoms. The second kappa shape index (κ2) is 6.57. The molecule has 0 radical (unpaired) electrons. The fourth-order valence-corrected chi connectivity index (χ4v) is 4.28. The minimum Gasteiger partial charge on any atom is -0.315 e. The van der Waals surface area contributed by atoms with Crippen LogP contribution in [0.4, 0.5) is 9.39 Å². The lowest BCUT2D eigenvalue weighted by Gasteiger charge is -2.17. The zero-order valence-corrected chi connectivity index (χ0v) is 14.0. The topological polar surface area (TPSA) is 74.9 Å². The quantitative estimate of drug-likeness (QED) is 0.929. The summed E-state index contributed by atoms with van der Waals surface area (Å²) in [4.78, 5) is 25.0. The molecule has 1 aliphatic rings. The number of fused-ring (bicyclic) bond motifs is 1. The van der Waals surface area contributed by atoms with Crippen molar-refractivity contribution in [3.63, 3.8) is 0 Å². The van der Waals surface area contributed by atoms with Crippen molar-refractivity contribution in [2.24, 2.45) is 5.92 Å². The molecule has 1 aliphatic carbocycles. The van der Waals surface area contributed by atoms with Gasteiger partial charge in [0.15, 0.2) is 0 Å². The lowest BCUT2D eigenvalue weighted by Crippen LogP contribution is -2.27. The van der Waals surface area contributed by atoms with Crippen LogP contribution in [0, 0.1) is 23.1 Å². The number of halogens is 1. The Labute approximate surface area is 142 Å². The minimum atomic E-state index is -0.583. The number of nitriles is 1. The van der Waals surface area contributed by atoms with Crippen LogP contribution in [0.3, 0.4) is 0 Å². The molecule has 3 rings (SSSR count). The van der Waals surface area contributed by atoms with Crippen LogP contribution in [0.15, 0.2) is 23.1 Å². The highest BCUT2D eigenvalue weighted by Gasteiger charge is 2.24. The van der Waals surface area contributed by atoms with E-state index in [0.717, 1.165) is 52.6 Å². The van der Waals surface area contributed by atoms with Gasteiger partial charge in [0.05, 0.1) is 5.56 Å². The molecule has 1 unspecified atom stereocenters. The third-order valence-electron chi connectivity index (χ3n) is 4.14. The lowest BCUT2D eigenvalue weighted by atomic mass is 9.89. The molecule has 0 saturated heterocycles. The Morgan fingerprint density at radius 2 is 2.33 bits per heavy atom. The maximum Gasteiger partial charge on any atom is 0.251 e. The van der Waals surface area contributed by atoms with E-state index in [0.29, 0.717) is 16.5 Å². The van der Waals surface area contributed by atoms with Gasteiger partial charge in [0, 0.05) is 17.1 Å². The second-order valence-electron chi connectivity index (χ2n) is 6.03. The Morgan fingerprint density at radius 1 is 1.54 bits per heavy atom. The number of carbonyl (C=O) groups excluding carboxylic acids is 1. The van der Waals surface area contributed by atoms with Gasteiger partial charge in [0.1, 0.15) is 23.4 Å². The number of carbonyl (C=O) groups is 1. The third-order valence-corrected chi connectivity index (χ3v) is 5.31. The van der Waals surface area contributed by atoms with Crippen molar-refractivity contribution in [3.05, 3.63) is 50.5 Å². The first-order valence-electron chi connectivity index (χ1n) is 7.68. The smallest absolute Gasteiger partial charge is 0.251 e. The first-order chi connectivity index (χ1) is 11.5. The molecule has 7 heteroatoms. The van der Waals surface area contributed by atoms with E-state index in [9.17, 15) is 19.2 Å². The number of amides is 1. The molecule has 0 saturated carbocycles. The Hall–Kier alpha value is -2.46. The Morgan fingerprint density at radius 3 is 3.08 bits per heavy atom. The van der Waals surface area contributed by atoms with Crippen molar-refractivity contribution < 1.29 is 9.18 Å². The molecule has 124 valence electrons. The summed E-state index contributed by atoms with van der Waals surface area (Å²) in [5.74, 6) is -0.469. The Balaban J connectivity index is 1.81. The van der Waals surface area contributed by atoms with Gasteiger partial charge in [-0.2, -0.15) is 5.26 Å². The highest BCUT2D eigenvalue weighted by atomic mass is 32.1. The largest absolute Gasteiger partial charge is 0.315 e. The van der Waals surface area contributed by atoms with Gasteiger partial charge in [-0.05, 0) is 36.8 Å². The standard InChI is InChI=1S/C17H16FN3O2S/c1-10-2-4-12-13(7-19)17(24-14(12)6-10)20-15(22)9-21-8-11(18)3-5-16(21)23/h3,5,8,10H,2,4,6,9H2,1H3,(H,20,22). The maximum atomic E-state index is 13.2. The summed E-state index contributed by atoms with van der Waals surface area (Å²) in [7, 11) is 0.